The van der Waals surface area contributed by atoms with Crippen molar-refractivity contribution < 1.29 is 4.79 Å². The first-order valence-corrected chi connectivity index (χ1v) is 5.53. The minimum atomic E-state index is -0.0759. The van der Waals surface area contributed by atoms with Gasteiger partial charge in [-0.15, -0.1) is 0 Å². The lowest BCUT2D eigenvalue weighted by atomic mass is 9.95. The van der Waals surface area contributed by atoms with Crippen molar-refractivity contribution in [2.24, 2.45) is 11.8 Å². The zero-order chi connectivity index (χ0) is 11.7. The Morgan fingerprint density at radius 1 is 1.56 bits per heavy atom. The lowest BCUT2D eigenvalue weighted by Crippen LogP contribution is -2.29. The van der Waals surface area contributed by atoms with Gasteiger partial charge in [0.05, 0.1) is 12.1 Å². The molecule has 0 aromatic carbocycles. The summed E-state index contributed by atoms with van der Waals surface area (Å²) in [6, 6.07) is 0. The topological polar surface area (TPSA) is 66.9 Å². The molecule has 16 heavy (non-hydrogen) atoms. The summed E-state index contributed by atoms with van der Waals surface area (Å²) in [5.74, 6) is 0.766. The van der Waals surface area contributed by atoms with Crippen LogP contribution in [0.2, 0.25) is 5.28 Å². The van der Waals surface area contributed by atoms with Gasteiger partial charge in [-0.3, -0.25) is 4.79 Å². The average Bonchev–Trinajstić information content (AvgIpc) is 2.36. The van der Waals surface area contributed by atoms with E-state index in [4.69, 9.17) is 11.6 Å². The molecule has 86 valence electrons. The van der Waals surface area contributed by atoms with Crippen molar-refractivity contribution >= 4 is 29.0 Å². The van der Waals surface area contributed by atoms with E-state index in [1.165, 1.54) is 6.20 Å². The predicted molar refractivity (Wildman–Crippen MR) is 62.5 cm³/mol. The van der Waals surface area contributed by atoms with Gasteiger partial charge in [-0.25, -0.2) is 4.98 Å². The van der Waals surface area contributed by atoms with Crippen molar-refractivity contribution in [3.8, 4) is 0 Å². The zero-order valence-electron chi connectivity index (χ0n) is 9.12. The van der Waals surface area contributed by atoms with Crippen molar-refractivity contribution in [3.05, 3.63) is 11.5 Å². The molecule has 6 heteroatoms. The molecule has 1 aromatic heterocycles. The van der Waals surface area contributed by atoms with E-state index in [1.54, 1.807) is 0 Å². The Bertz CT molecular complexity index is 421. The first-order chi connectivity index (χ1) is 7.58. The maximum absolute atomic E-state index is 11.9. The number of hydrogen-bond donors (Lipinski definition) is 2. The molecule has 0 fully saturated rings. The molecule has 0 spiro atoms. The van der Waals surface area contributed by atoms with Crippen LogP contribution in [0.3, 0.4) is 0 Å². The molecule has 0 aliphatic carbocycles. The van der Waals surface area contributed by atoms with Gasteiger partial charge in [0, 0.05) is 6.54 Å². The Morgan fingerprint density at radius 3 is 3.00 bits per heavy atom. The second-order valence-corrected chi connectivity index (χ2v) is 4.46. The highest BCUT2D eigenvalue weighted by molar-refractivity contribution is 6.28. The van der Waals surface area contributed by atoms with Gasteiger partial charge in [-0.05, 0) is 17.5 Å². The van der Waals surface area contributed by atoms with Crippen molar-refractivity contribution in [2.45, 2.75) is 13.8 Å². The molecule has 1 aromatic rings. The fraction of sp³-hybridized carbons (Fsp3) is 0.500. The largest absolute Gasteiger partial charge is 0.367 e. The number of hydrogen-bond acceptors (Lipinski definition) is 4. The van der Waals surface area contributed by atoms with Gasteiger partial charge in [0.2, 0.25) is 11.2 Å². The lowest BCUT2D eigenvalue weighted by Gasteiger charge is -2.16. The number of fused-ring (bicyclic) bond motifs is 1. The number of nitrogens with zero attached hydrogens (tertiary/aromatic N) is 2. The van der Waals surface area contributed by atoms with Crippen molar-refractivity contribution in [1.82, 2.24) is 9.97 Å². The Kier molecular flexibility index (Phi) is 2.96. The number of nitrogens with one attached hydrogen (secondary N) is 2. The van der Waals surface area contributed by atoms with Crippen LogP contribution in [0.1, 0.15) is 13.8 Å². The summed E-state index contributed by atoms with van der Waals surface area (Å²) in [7, 11) is 0. The number of rotatable bonds is 1. The van der Waals surface area contributed by atoms with Crippen LogP contribution in [0.25, 0.3) is 0 Å². The van der Waals surface area contributed by atoms with Gasteiger partial charge in [0.1, 0.15) is 5.69 Å². The van der Waals surface area contributed by atoms with Gasteiger partial charge in [0.15, 0.2) is 5.82 Å². The summed E-state index contributed by atoms with van der Waals surface area (Å²) in [4.78, 5) is 19.7. The summed E-state index contributed by atoms with van der Waals surface area (Å²) in [6.45, 7) is 4.59. The van der Waals surface area contributed by atoms with Gasteiger partial charge in [0.25, 0.3) is 0 Å². The monoisotopic (exact) mass is 240 g/mol. The van der Waals surface area contributed by atoms with Gasteiger partial charge in [-0.1, -0.05) is 13.8 Å². The van der Waals surface area contributed by atoms with Crippen LogP contribution in [-0.2, 0) is 4.79 Å². The number of anilines is 2. The van der Waals surface area contributed by atoms with Gasteiger partial charge in [-0.2, -0.15) is 4.98 Å². The highest BCUT2D eigenvalue weighted by Crippen LogP contribution is 2.25. The Labute approximate surface area is 98.6 Å². The van der Waals surface area contributed by atoms with Crippen LogP contribution in [0.4, 0.5) is 11.5 Å². The summed E-state index contributed by atoms with van der Waals surface area (Å²) >= 11 is 5.69. The summed E-state index contributed by atoms with van der Waals surface area (Å²) in [6.07, 6.45) is 1.51. The van der Waals surface area contributed by atoms with Gasteiger partial charge >= 0.3 is 0 Å². The molecule has 0 bridgehead atoms. The van der Waals surface area contributed by atoms with E-state index in [-0.39, 0.29) is 23.0 Å². The molecule has 1 atom stereocenters. The minimum absolute atomic E-state index is 0.00725. The van der Waals surface area contributed by atoms with E-state index in [2.05, 4.69) is 20.6 Å². The molecule has 1 aliphatic heterocycles. The fourth-order valence-corrected chi connectivity index (χ4v) is 1.78. The summed E-state index contributed by atoms with van der Waals surface area (Å²) < 4.78 is 0. The summed E-state index contributed by atoms with van der Waals surface area (Å²) in [5.41, 5.74) is 0.581. The zero-order valence-corrected chi connectivity index (χ0v) is 9.88. The number of aromatic nitrogens is 2. The molecule has 2 rings (SSSR count). The van der Waals surface area contributed by atoms with Gasteiger partial charge < -0.3 is 10.6 Å². The van der Waals surface area contributed by atoms with Crippen LogP contribution in [0.15, 0.2) is 6.20 Å². The first-order valence-electron chi connectivity index (χ1n) is 5.15. The molecular formula is C10H13ClN4O. The number of carbonyl (C=O) groups excluding carboxylic acids is 1. The molecule has 1 aliphatic rings. The summed E-state index contributed by atoms with van der Waals surface area (Å²) in [5, 5.41) is 6.07. The Morgan fingerprint density at radius 2 is 2.31 bits per heavy atom. The molecule has 0 saturated carbocycles. The van der Waals surface area contributed by atoms with E-state index in [0.29, 0.717) is 18.1 Å². The average molecular weight is 241 g/mol. The molecule has 5 nitrogen and oxygen atoms in total. The van der Waals surface area contributed by atoms with Crippen LogP contribution in [0, 0.1) is 11.8 Å². The quantitative estimate of drug-likeness (QED) is 0.735. The third-order valence-corrected chi connectivity index (χ3v) is 2.83. The van der Waals surface area contributed by atoms with Crippen LogP contribution < -0.4 is 10.6 Å². The maximum atomic E-state index is 11.9. The molecular weight excluding hydrogens is 228 g/mol. The SMILES string of the molecule is CC(C)C1CNc2nc(Cl)ncc2NC1=O. The van der Waals surface area contributed by atoms with E-state index in [1.807, 2.05) is 13.8 Å². The first kappa shape index (κ1) is 11.1. The highest BCUT2D eigenvalue weighted by atomic mass is 35.5. The second-order valence-electron chi connectivity index (χ2n) is 4.12. The van der Waals surface area contributed by atoms with E-state index in [9.17, 15) is 4.79 Å². The molecule has 0 radical (unpaired) electrons. The van der Waals surface area contributed by atoms with E-state index < -0.39 is 0 Å². The Balaban J connectivity index is 2.29. The molecule has 0 saturated heterocycles. The fourth-order valence-electron chi connectivity index (χ4n) is 1.65. The second kappa shape index (κ2) is 4.25. The van der Waals surface area contributed by atoms with Crippen LogP contribution >= 0.6 is 11.6 Å². The maximum Gasteiger partial charge on any atom is 0.229 e. The third-order valence-electron chi connectivity index (χ3n) is 2.65. The number of amides is 1. The Hall–Kier alpha value is -1.36. The molecule has 2 heterocycles. The van der Waals surface area contributed by atoms with Crippen molar-refractivity contribution in [2.75, 3.05) is 17.2 Å². The van der Waals surface area contributed by atoms with Crippen molar-refractivity contribution in [3.63, 3.8) is 0 Å². The third kappa shape index (κ3) is 2.09. The number of halogens is 1. The smallest absolute Gasteiger partial charge is 0.229 e. The van der Waals surface area contributed by atoms with Crippen molar-refractivity contribution in [1.29, 1.82) is 0 Å². The molecule has 1 amide bonds. The molecule has 1 unspecified atom stereocenters. The lowest BCUT2D eigenvalue weighted by molar-refractivity contribution is -0.120. The normalized spacial score (nSPS) is 19.8. The predicted octanol–water partition coefficient (Wildman–Crippen LogP) is 1.77. The van der Waals surface area contributed by atoms with E-state index in [0.717, 1.165) is 0 Å². The highest BCUT2D eigenvalue weighted by Gasteiger charge is 2.26. The van der Waals surface area contributed by atoms with E-state index >= 15 is 0 Å². The van der Waals surface area contributed by atoms with Crippen LogP contribution in [0.5, 0.6) is 0 Å². The van der Waals surface area contributed by atoms with Crippen LogP contribution in [-0.4, -0.2) is 22.4 Å². The standard InChI is InChI=1S/C10H13ClN4O/c1-5(2)6-3-12-8-7(14-9(6)16)4-13-10(11)15-8/h4-6H,3H2,1-2H3,(H,14,16)(H,12,13,15). The number of carbonyl (C=O) groups is 1. The molecule has 2 N–H and O–H groups in total. The minimum Gasteiger partial charge on any atom is -0.367 e.